The van der Waals surface area contributed by atoms with E-state index >= 15 is 0 Å². The third-order valence-electron chi connectivity index (χ3n) is 3.42. The Balaban J connectivity index is 1.90. The summed E-state index contributed by atoms with van der Waals surface area (Å²) in [5, 5.41) is 16.5. The summed E-state index contributed by atoms with van der Waals surface area (Å²) >= 11 is 0. The van der Waals surface area contributed by atoms with Gasteiger partial charge in [0.25, 0.3) is 0 Å². The zero-order chi connectivity index (χ0) is 13.2. The van der Waals surface area contributed by atoms with Crippen molar-refractivity contribution >= 4 is 5.69 Å². The maximum Gasteiger partial charge on any atom is 0.127 e. The Labute approximate surface area is 111 Å². The summed E-state index contributed by atoms with van der Waals surface area (Å²) in [5.41, 5.74) is 1.46. The average molecular weight is 261 g/mol. The van der Waals surface area contributed by atoms with E-state index in [4.69, 9.17) is 0 Å². The number of aliphatic hydroxyl groups is 1. The van der Waals surface area contributed by atoms with Crippen LogP contribution in [0.25, 0.3) is 0 Å². The molecule has 0 bridgehead atoms. The highest BCUT2D eigenvalue weighted by atomic mass is 19.1. The summed E-state index contributed by atoms with van der Waals surface area (Å²) in [4.78, 5) is 2.03. The largest absolute Gasteiger partial charge is 0.384 e. The summed E-state index contributed by atoms with van der Waals surface area (Å²) < 4.78 is 13.5. The third kappa shape index (κ3) is 2.29. The van der Waals surface area contributed by atoms with Crippen molar-refractivity contribution in [3.8, 4) is 0 Å². The van der Waals surface area contributed by atoms with Crippen molar-refractivity contribution in [2.75, 3.05) is 18.0 Å². The Morgan fingerprint density at radius 2 is 1.89 bits per heavy atom. The van der Waals surface area contributed by atoms with Gasteiger partial charge < -0.3 is 20.6 Å². The molecule has 2 aliphatic rings. The molecule has 1 aromatic carbocycles. The van der Waals surface area contributed by atoms with Crippen molar-refractivity contribution in [2.24, 2.45) is 0 Å². The minimum atomic E-state index is -0.744. The first-order valence-corrected chi connectivity index (χ1v) is 6.30. The number of hydrogen-bond acceptors (Lipinski definition) is 4. The van der Waals surface area contributed by atoms with Crippen LogP contribution in [0.5, 0.6) is 0 Å². The van der Waals surface area contributed by atoms with Crippen LogP contribution in [0.2, 0.25) is 0 Å². The van der Waals surface area contributed by atoms with E-state index < -0.39 is 6.10 Å². The highest BCUT2D eigenvalue weighted by Crippen LogP contribution is 2.30. The molecular formula is C14H16FN3O. The normalized spacial score (nSPS) is 19.6. The van der Waals surface area contributed by atoms with Gasteiger partial charge in [-0.05, 0) is 12.1 Å². The fraction of sp³-hybridized carbons (Fsp3) is 0.286. The van der Waals surface area contributed by atoms with Gasteiger partial charge in [0.05, 0.1) is 0 Å². The lowest BCUT2D eigenvalue weighted by Crippen LogP contribution is -2.38. The predicted molar refractivity (Wildman–Crippen MR) is 71.9 cm³/mol. The molecular weight excluding hydrogens is 245 g/mol. The standard InChI is InChI=1S/C14H16FN3O/c15-10-3-4-11(13(19)14-16-5-6-17-14)12(9-10)18-7-1-2-8-18/h1-6,9,13-14,16-17,19H,7-8H2. The van der Waals surface area contributed by atoms with E-state index in [2.05, 4.69) is 10.6 Å². The first-order chi connectivity index (χ1) is 9.25. The van der Waals surface area contributed by atoms with Gasteiger partial charge in [-0.2, -0.15) is 0 Å². The van der Waals surface area contributed by atoms with Crippen LogP contribution in [0.3, 0.4) is 0 Å². The Kier molecular flexibility index (Phi) is 3.13. The summed E-state index contributed by atoms with van der Waals surface area (Å²) in [6, 6.07) is 4.51. The number of anilines is 1. The Morgan fingerprint density at radius 1 is 1.21 bits per heavy atom. The summed E-state index contributed by atoms with van der Waals surface area (Å²) in [6.07, 6.45) is 6.54. The Morgan fingerprint density at radius 3 is 2.58 bits per heavy atom. The van der Waals surface area contributed by atoms with Gasteiger partial charge in [0, 0.05) is 36.7 Å². The van der Waals surface area contributed by atoms with Gasteiger partial charge in [0.2, 0.25) is 0 Å². The molecule has 5 heteroatoms. The molecule has 0 saturated heterocycles. The van der Waals surface area contributed by atoms with Gasteiger partial charge in [0.15, 0.2) is 0 Å². The lowest BCUT2D eigenvalue weighted by Gasteiger charge is -2.27. The highest BCUT2D eigenvalue weighted by molar-refractivity contribution is 5.57. The van der Waals surface area contributed by atoms with Crippen LogP contribution in [0.15, 0.2) is 42.8 Å². The second-order valence-corrected chi connectivity index (χ2v) is 4.67. The average Bonchev–Trinajstić information content (AvgIpc) is 3.11. The first kappa shape index (κ1) is 12.0. The molecule has 2 heterocycles. The molecule has 1 aromatic rings. The van der Waals surface area contributed by atoms with Crippen LogP contribution < -0.4 is 15.5 Å². The molecule has 0 amide bonds. The summed E-state index contributed by atoms with van der Waals surface area (Å²) in [6.45, 7) is 1.49. The monoisotopic (exact) mass is 261 g/mol. The number of benzene rings is 1. The molecule has 0 spiro atoms. The minimum Gasteiger partial charge on any atom is -0.384 e. The molecule has 0 aliphatic carbocycles. The summed E-state index contributed by atoms with van der Waals surface area (Å²) in [5.74, 6) is -0.289. The van der Waals surface area contributed by atoms with Crippen LogP contribution in [0.1, 0.15) is 11.7 Å². The van der Waals surface area contributed by atoms with Gasteiger partial charge in [-0.1, -0.05) is 18.2 Å². The fourth-order valence-electron chi connectivity index (χ4n) is 2.43. The van der Waals surface area contributed by atoms with Crippen molar-refractivity contribution in [2.45, 2.75) is 12.3 Å². The molecule has 0 aromatic heterocycles. The van der Waals surface area contributed by atoms with Gasteiger partial charge in [-0.25, -0.2) is 4.39 Å². The number of nitrogens with one attached hydrogen (secondary N) is 2. The van der Waals surface area contributed by atoms with Gasteiger partial charge in [0.1, 0.15) is 18.1 Å². The third-order valence-corrected chi connectivity index (χ3v) is 3.42. The van der Waals surface area contributed by atoms with Crippen LogP contribution in [0, 0.1) is 5.82 Å². The second kappa shape index (κ2) is 4.93. The minimum absolute atomic E-state index is 0.278. The van der Waals surface area contributed by atoms with Crippen molar-refractivity contribution in [3.05, 3.63) is 54.1 Å². The quantitative estimate of drug-likeness (QED) is 0.716. The molecule has 1 unspecified atom stereocenters. The van der Waals surface area contributed by atoms with Crippen molar-refractivity contribution in [1.82, 2.24) is 10.6 Å². The van der Waals surface area contributed by atoms with E-state index in [1.165, 1.54) is 12.1 Å². The SMILES string of the molecule is OC(c1ccc(F)cc1N1CC=CC1)C1NC=CN1. The highest BCUT2D eigenvalue weighted by Gasteiger charge is 2.25. The molecule has 0 saturated carbocycles. The molecule has 100 valence electrons. The smallest absolute Gasteiger partial charge is 0.127 e. The van der Waals surface area contributed by atoms with Crippen molar-refractivity contribution in [1.29, 1.82) is 0 Å². The maximum absolute atomic E-state index is 13.5. The predicted octanol–water partition coefficient (Wildman–Crippen LogP) is 1.23. The maximum atomic E-state index is 13.5. The van der Waals surface area contributed by atoms with Crippen molar-refractivity contribution in [3.63, 3.8) is 0 Å². The number of rotatable bonds is 3. The Bertz CT molecular complexity index is 513. The zero-order valence-electron chi connectivity index (χ0n) is 10.4. The molecule has 3 N–H and O–H groups in total. The lowest BCUT2D eigenvalue weighted by atomic mass is 10.0. The number of aliphatic hydroxyl groups excluding tert-OH is 1. The topological polar surface area (TPSA) is 47.5 Å². The number of hydrogen-bond donors (Lipinski definition) is 3. The lowest BCUT2D eigenvalue weighted by molar-refractivity contribution is 0.130. The number of nitrogens with zero attached hydrogens (tertiary/aromatic N) is 1. The zero-order valence-corrected chi connectivity index (χ0v) is 10.4. The van der Waals surface area contributed by atoms with Gasteiger partial charge in [-0.15, -0.1) is 0 Å². The van der Waals surface area contributed by atoms with Crippen LogP contribution in [-0.2, 0) is 0 Å². The molecule has 0 fully saturated rings. The van der Waals surface area contributed by atoms with E-state index in [0.29, 0.717) is 0 Å². The van der Waals surface area contributed by atoms with Gasteiger partial charge >= 0.3 is 0 Å². The van der Waals surface area contributed by atoms with Crippen LogP contribution in [-0.4, -0.2) is 24.4 Å². The fourth-order valence-corrected chi connectivity index (χ4v) is 2.43. The molecule has 0 radical (unpaired) electrons. The number of halogens is 1. The first-order valence-electron chi connectivity index (χ1n) is 6.30. The van der Waals surface area contributed by atoms with E-state index in [0.717, 1.165) is 24.3 Å². The van der Waals surface area contributed by atoms with Crippen molar-refractivity contribution < 1.29 is 9.50 Å². The molecule has 19 heavy (non-hydrogen) atoms. The summed E-state index contributed by atoms with van der Waals surface area (Å²) in [7, 11) is 0. The van der Waals surface area contributed by atoms with E-state index in [9.17, 15) is 9.50 Å². The molecule has 2 aliphatic heterocycles. The van der Waals surface area contributed by atoms with E-state index in [1.54, 1.807) is 18.5 Å². The Hall–Kier alpha value is -2.01. The molecule has 3 rings (SSSR count). The second-order valence-electron chi connectivity index (χ2n) is 4.67. The van der Waals surface area contributed by atoms with E-state index in [-0.39, 0.29) is 12.0 Å². The molecule has 1 atom stereocenters. The van der Waals surface area contributed by atoms with Crippen LogP contribution in [0.4, 0.5) is 10.1 Å². The van der Waals surface area contributed by atoms with Crippen LogP contribution >= 0.6 is 0 Å². The van der Waals surface area contributed by atoms with Gasteiger partial charge in [-0.3, -0.25) is 0 Å². The molecule has 4 nitrogen and oxygen atoms in total. The van der Waals surface area contributed by atoms with E-state index in [1.807, 2.05) is 17.1 Å².